The summed E-state index contributed by atoms with van der Waals surface area (Å²) in [6.45, 7) is 3.38. The van der Waals surface area contributed by atoms with Crippen LogP contribution in [0.15, 0.2) is 18.3 Å². The Labute approximate surface area is 96.1 Å². The topological polar surface area (TPSA) is 43.3 Å². The van der Waals surface area contributed by atoms with E-state index in [1.54, 1.807) is 20.0 Å². The van der Waals surface area contributed by atoms with Crippen molar-refractivity contribution < 1.29 is 13.2 Å². The summed E-state index contributed by atoms with van der Waals surface area (Å²) in [5.41, 5.74) is 6.04. The van der Waals surface area contributed by atoms with E-state index in [0.29, 0.717) is 11.4 Å². The average Bonchev–Trinajstić information content (AvgIpc) is 2.51. The van der Waals surface area contributed by atoms with Crippen LogP contribution in [0.2, 0.25) is 0 Å². The molecule has 0 radical (unpaired) electrons. The molecule has 2 heterocycles. The molecule has 2 aromatic heterocycles. The monoisotopic (exact) mass is 243 g/mol. The summed E-state index contributed by atoms with van der Waals surface area (Å²) < 4.78 is 39.7. The van der Waals surface area contributed by atoms with E-state index in [4.69, 9.17) is 5.73 Å². The Morgan fingerprint density at radius 3 is 2.59 bits per heavy atom. The average molecular weight is 243 g/mol. The van der Waals surface area contributed by atoms with Gasteiger partial charge in [-0.25, -0.2) is 4.98 Å². The minimum Gasteiger partial charge on any atom is -0.323 e. The first kappa shape index (κ1) is 11.9. The zero-order valence-corrected chi connectivity index (χ0v) is 9.42. The van der Waals surface area contributed by atoms with Gasteiger partial charge in [-0.2, -0.15) is 13.2 Å². The highest BCUT2D eigenvalue weighted by atomic mass is 19.4. The molecule has 0 saturated carbocycles. The summed E-state index contributed by atoms with van der Waals surface area (Å²) in [6, 6.07) is 2.00. The second-order valence-electron chi connectivity index (χ2n) is 3.98. The number of fused-ring (bicyclic) bond motifs is 1. The Morgan fingerprint density at radius 2 is 2.06 bits per heavy atom. The molecule has 1 atom stereocenters. The number of hydrogen-bond acceptors (Lipinski definition) is 2. The van der Waals surface area contributed by atoms with Crippen LogP contribution in [0.1, 0.15) is 29.9 Å². The lowest BCUT2D eigenvalue weighted by Gasteiger charge is -2.10. The number of aromatic nitrogens is 2. The van der Waals surface area contributed by atoms with Gasteiger partial charge in [-0.15, -0.1) is 0 Å². The molecule has 2 aromatic rings. The van der Waals surface area contributed by atoms with Gasteiger partial charge in [0.2, 0.25) is 0 Å². The van der Waals surface area contributed by atoms with Gasteiger partial charge < -0.3 is 10.1 Å². The van der Waals surface area contributed by atoms with Crippen molar-refractivity contribution in [2.75, 3.05) is 0 Å². The molecule has 0 saturated heterocycles. The van der Waals surface area contributed by atoms with Crippen molar-refractivity contribution in [1.82, 2.24) is 9.38 Å². The lowest BCUT2D eigenvalue weighted by Crippen LogP contribution is -2.11. The minimum absolute atomic E-state index is 0.0928. The highest BCUT2D eigenvalue weighted by Gasteiger charge is 2.34. The van der Waals surface area contributed by atoms with E-state index in [1.165, 1.54) is 10.5 Å². The maximum Gasteiger partial charge on any atom is 0.419 e. The number of alkyl halides is 3. The smallest absolute Gasteiger partial charge is 0.323 e. The van der Waals surface area contributed by atoms with Crippen LogP contribution in [0.4, 0.5) is 13.2 Å². The van der Waals surface area contributed by atoms with Crippen LogP contribution in [0.25, 0.3) is 5.65 Å². The molecular weight excluding hydrogens is 231 g/mol. The van der Waals surface area contributed by atoms with Gasteiger partial charge in [0, 0.05) is 12.2 Å². The lowest BCUT2D eigenvalue weighted by molar-refractivity contribution is -0.136. The number of rotatable bonds is 1. The number of hydrogen-bond donors (Lipinski definition) is 1. The summed E-state index contributed by atoms with van der Waals surface area (Å²) >= 11 is 0. The quantitative estimate of drug-likeness (QED) is 0.836. The number of nitrogens with two attached hydrogens (primary N) is 1. The highest BCUT2D eigenvalue weighted by molar-refractivity contribution is 5.52. The molecule has 0 fully saturated rings. The second-order valence-corrected chi connectivity index (χ2v) is 3.98. The Morgan fingerprint density at radius 1 is 1.41 bits per heavy atom. The van der Waals surface area contributed by atoms with Crippen molar-refractivity contribution in [3.63, 3.8) is 0 Å². The molecule has 0 aliphatic heterocycles. The Hall–Kier alpha value is -1.56. The highest BCUT2D eigenvalue weighted by Crippen LogP contribution is 2.33. The zero-order chi connectivity index (χ0) is 12.8. The van der Waals surface area contributed by atoms with Crippen LogP contribution in [0, 0.1) is 6.92 Å². The number of pyridine rings is 1. The zero-order valence-electron chi connectivity index (χ0n) is 9.42. The van der Waals surface area contributed by atoms with Gasteiger partial charge in [-0.1, -0.05) is 0 Å². The van der Waals surface area contributed by atoms with Crippen molar-refractivity contribution in [3.8, 4) is 0 Å². The number of nitrogens with zero attached hydrogens (tertiary/aromatic N) is 2. The SMILES string of the molecule is Cc1nc2c(C(F)(F)F)cccn2c1C(C)N. The summed E-state index contributed by atoms with van der Waals surface area (Å²) in [5.74, 6) is 0. The number of halogens is 3. The fourth-order valence-electron chi connectivity index (χ4n) is 1.97. The Balaban J connectivity index is 2.80. The van der Waals surface area contributed by atoms with E-state index in [0.717, 1.165) is 6.07 Å². The number of imidazole rings is 1. The molecular formula is C11H12F3N3. The van der Waals surface area contributed by atoms with E-state index in [1.807, 2.05) is 0 Å². The molecule has 2 N–H and O–H groups in total. The molecule has 0 spiro atoms. The number of aryl methyl sites for hydroxylation is 1. The predicted octanol–water partition coefficient (Wildman–Crippen LogP) is 2.68. The van der Waals surface area contributed by atoms with Crippen LogP contribution in [-0.4, -0.2) is 9.38 Å². The molecule has 0 aromatic carbocycles. The van der Waals surface area contributed by atoms with Crippen molar-refractivity contribution >= 4 is 5.65 Å². The first-order chi connectivity index (χ1) is 7.82. The summed E-state index contributed by atoms with van der Waals surface area (Å²) in [5, 5.41) is 0. The Bertz CT molecular complexity index is 555. The summed E-state index contributed by atoms with van der Waals surface area (Å²) in [7, 11) is 0. The molecule has 6 heteroatoms. The minimum atomic E-state index is -4.41. The van der Waals surface area contributed by atoms with Crippen LogP contribution in [-0.2, 0) is 6.18 Å². The Kier molecular flexibility index (Phi) is 2.61. The van der Waals surface area contributed by atoms with Gasteiger partial charge in [0.15, 0.2) is 0 Å². The first-order valence-corrected chi connectivity index (χ1v) is 5.12. The van der Waals surface area contributed by atoms with E-state index >= 15 is 0 Å². The van der Waals surface area contributed by atoms with Gasteiger partial charge in [0.25, 0.3) is 0 Å². The van der Waals surface area contributed by atoms with Crippen molar-refractivity contribution in [3.05, 3.63) is 35.3 Å². The van der Waals surface area contributed by atoms with Crippen LogP contribution in [0.5, 0.6) is 0 Å². The lowest BCUT2D eigenvalue weighted by atomic mass is 10.2. The van der Waals surface area contributed by atoms with E-state index in [2.05, 4.69) is 4.98 Å². The van der Waals surface area contributed by atoms with Gasteiger partial charge in [0.1, 0.15) is 5.65 Å². The molecule has 3 nitrogen and oxygen atoms in total. The molecule has 92 valence electrons. The molecule has 0 aliphatic rings. The third-order valence-corrected chi connectivity index (χ3v) is 2.61. The second kappa shape index (κ2) is 3.73. The van der Waals surface area contributed by atoms with Gasteiger partial charge in [-0.3, -0.25) is 0 Å². The standard InChI is InChI=1S/C11H12F3N3/c1-6(15)9-7(2)16-10-8(11(12,13)14)4-3-5-17(9)10/h3-6H,15H2,1-2H3. The van der Waals surface area contributed by atoms with Crippen molar-refractivity contribution in [2.45, 2.75) is 26.1 Å². The maximum atomic E-state index is 12.8. The predicted molar refractivity (Wildman–Crippen MR) is 57.5 cm³/mol. The largest absolute Gasteiger partial charge is 0.419 e. The molecule has 0 amide bonds. The van der Waals surface area contributed by atoms with Crippen LogP contribution >= 0.6 is 0 Å². The van der Waals surface area contributed by atoms with E-state index in [-0.39, 0.29) is 11.7 Å². The third-order valence-electron chi connectivity index (χ3n) is 2.61. The molecule has 0 aliphatic carbocycles. The maximum absolute atomic E-state index is 12.8. The first-order valence-electron chi connectivity index (χ1n) is 5.12. The van der Waals surface area contributed by atoms with E-state index < -0.39 is 11.7 Å². The normalized spacial score (nSPS) is 14.2. The van der Waals surface area contributed by atoms with Gasteiger partial charge >= 0.3 is 6.18 Å². The van der Waals surface area contributed by atoms with Gasteiger partial charge in [0.05, 0.1) is 17.0 Å². The molecule has 2 rings (SSSR count). The fourth-order valence-corrected chi connectivity index (χ4v) is 1.97. The molecule has 17 heavy (non-hydrogen) atoms. The summed E-state index contributed by atoms with van der Waals surface area (Å²) in [6.07, 6.45) is -2.86. The molecule has 0 bridgehead atoms. The van der Waals surface area contributed by atoms with Crippen LogP contribution in [0.3, 0.4) is 0 Å². The van der Waals surface area contributed by atoms with Crippen LogP contribution < -0.4 is 5.73 Å². The third kappa shape index (κ3) is 1.88. The van der Waals surface area contributed by atoms with Crippen molar-refractivity contribution in [1.29, 1.82) is 0 Å². The van der Waals surface area contributed by atoms with Gasteiger partial charge in [-0.05, 0) is 26.0 Å². The molecule has 1 unspecified atom stereocenters. The fraction of sp³-hybridized carbons (Fsp3) is 0.364. The van der Waals surface area contributed by atoms with Crippen molar-refractivity contribution in [2.24, 2.45) is 5.73 Å². The van der Waals surface area contributed by atoms with E-state index in [9.17, 15) is 13.2 Å². The summed E-state index contributed by atoms with van der Waals surface area (Å²) in [4.78, 5) is 3.96.